The number of hydrogen-bond acceptors (Lipinski definition) is 4. The van der Waals surface area contributed by atoms with Crippen LogP contribution < -0.4 is 5.32 Å². The number of carbonyl (C=O) groups is 3. The molecule has 19 heavy (non-hydrogen) atoms. The average Bonchev–Trinajstić information content (AvgIpc) is 2.60. The van der Waals surface area contributed by atoms with Crippen molar-refractivity contribution in [1.29, 1.82) is 0 Å². The third-order valence-electron chi connectivity index (χ3n) is 2.88. The molecule has 1 saturated heterocycles. The Balaban J connectivity index is 2.16. The summed E-state index contributed by atoms with van der Waals surface area (Å²) in [6, 6.07) is 2.85. The number of benzene rings is 1. The maximum atomic E-state index is 13.5. The van der Waals surface area contributed by atoms with Crippen molar-refractivity contribution >= 4 is 30.4 Å². The number of thiol groups is 1. The summed E-state index contributed by atoms with van der Waals surface area (Å²) in [7, 11) is 1.34. The zero-order valence-electron chi connectivity index (χ0n) is 10.0. The highest BCUT2D eigenvalue weighted by Gasteiger charge is 2.37. The van der Waals surface area contributed by atoms with E-state index in [0.29, 0.717) is 4.90 Å². The van der Waals surface area contributed by atoms with Gasteiger partial charge in [-0.25, -0.2) is 4.39 Å². The van der Waals surface area contributed by atoms with Crippen molar-refractivity contribution in [1.82, 2.24) is 10.2 Å². The Morgan fingerprint density at radius 1 is 1.47 bits per heavy atom. The number of amides is 3. The number of likely N-dealkylation sites (N-methyl/N-ethyl adjacent to an activating group) is 1. The molecule has 1 heterocycles. The highest BCUT2D eigenvalue weighted by atomic mass is 32.1. The smallest absolute Gasteiger partial charge is 0.254 e. The lowest BCUT2D eigenvalue weighted by atomic mass is 10.1. The molecule has 0 aromatic heterocycles. The Morgan fingerprint density at radius 2 is 2.16 bits per heavy atom. The second kappa shape index (κ2) is 5.00. The number of carbonyl (C=O) groups excluding carboxylic acids is 3. The van der Waals surface area contributed by atoms with Crippen LogP contribution in [0.25, 0.3) is 0 Å². The molecule has 1 unspecified atom stereocenters. The third-order valence-corrected chi connectivity index (χ3v) is 3.16. The largest absolute Gasteiger partial charge is 0.340 e. The molecular weight excluding hydrogens is 271 g/mol. The van der Waals surface area contributed by atoms with Crippen LogP contribution in [-0.4, -0.2) is 35.7 Å². The van der Waals surface area contributed by atoms with E-state index in [1.807, 2.05) is 0 Å². The summed E-state index contributed by atoms with van der Waals surface area (Å²) in [5, 5.41) is 2.35. The van der Waals surface area contributed by atoms with Crippen molar-refractivity contribution < 1.29 is 18.8 Å². The van der Waals surface area contributed by atoms with E-state index in [4.69, 9.17) is 0 Å². The molecule has 2 rings (SSSR count). The number of halogens is 1. The van der Waals surface area contributed by atoms with Gasteiger partial charge in [0.1, 0.15) is 11.9 Å². The Hall–Kier alpha value is -1.89. The minimum absolute atomic E-state index is 0.108. The van der Waals surface area contributed by atoms with Crippen LogP contribution in [0.3, 0.4) is 0 Å². The SMILES string of the molecule is CN1C(=O)CC(NC(=O)c2cc(S)ccc2F)C1=O. The van der Waals surface area contributed by atoms with Gasteiger partial charge in [-0.3, -0.25) is 19.3 Å². The average molecular weight is 282 g/mol. The minimum Gasteiger partial charge on any atom is -0.340 e. The number of rotatable bonds is 2. The van der Waals surface area contributed by atoms with E-state index in [-0.39, 0.29) is 17.9 Å². The first-order chi connectivity index (χ1) is 8.90. The van der Waals surface area contributed by atoms with Crippen molar-refractivity contribution in [3.8, 4) is 0 Å². The molecule has 0 spiro atoms. The topological polar surface area (TPSA) is 66.5 Å². The van der Waals surface area contributed by atoms with Crippen molar-refractivity contribution in [2.75, 3.05) is 7.05 Å². The molecule has 1 aliphatic heterocycles. The van der Waals surface area contributed by atoms with Crippen LogP contribution in [0.1, 0.15) is 16.8 Å². The molecule has 3 amide bonds. The summed E-state index contributed by atoms with van der Waals surface area (Å²) in [5.41, 5.74) is -0.206. The molecule has 0 bridgehead atoms. The van der Waals surface area contributed by atoms with Gasteiger partial charge in [-0.1, -0.05) is 0 Å². The maximum absolute atomic E-state index is 13.5. The standard InChI is InChI=1S/C12H11FN2O3S/c1-15-10(16)5-9(12(15)18)14-11(17)7-4-6(19)2-3-8(7)13/h2-4,9,19H,5H2,1H3,(H,14,17). The van der Waals surface area contributed by atoms with E-state index in [9.17, 15) is 18.8 Å². The fourth-order valence-corrected chi connectivity index (χ4v) is 2.00. The van der Waals surface area contributed by atoms with Gasteiger partial charge in [-0.05, 0) is 18.2 Å². The molecule has 1 fully saturated rings. The van der Waals surface area contributed by atoms with Crippen molar-refractivity contribution in [2.24, 2.45) is 0 Å². The Morgan fingerprint density at radius 3 is 2.74 bits per heavy atom. The maximum Gasteiger partial charge on any atom is 0.254 e. The van der Waals surface area contributed by atoms with Gasteiger partial charge in [-0.2, -0.15) is 0 Å². The van der Waals surface area contributed by atoms with E-state index in [2.05, 4.69) is 17.9 Å². The normalized spacial score (nSPS) is 18.9. The van der Waals surface area contributed by atoms with Gasteiger partial charge in [0, 0.05) is 11.9 Å². The lowest BCUT2D eigenvalue weighted by molar-refractivity contribution is -0.137. The Kier molecular flexibility index (Phi) is 3.57. The van der Waals surface area contributed by atoms with Gasteiger partial charge in [0.05, 0.1) is 12.0 Å². The summed E-state index contributed by atoms with van der Waals surface area (Å²) in [4.78, 5) is 36.2. The Labute approximate surface area is 114 Å². The van der Waals surface area contributed by atoms with E-state index in [0.717, 1.165) is 11.0 Å². The highest BCUT2D eigenvalue weighted by molar-refractivity contribution is 7.80. The predicted molar refractivity (Wildman–Crippen MR) is 67.3 cm³/mol. The van der Waals surface area contributed by atoms with Crippen molar-refractivity contribution in [3.63, 3.8) is 0 Å². The number of likely N-dealkylation sites (tertiary alicyclic amines) is 1. The van der Waals surface area contributed by atoms with E-state index in [1.165, 1.54) is 19.2 Å². The van der Waals surface area contributed by atoms with Gasteiger partial charge in [0.15, 0.2) is 0 Å². The number of nitrogens with zero attached hydrogens (tertiary/aromatic N) is 1. The van der Waals surface area contributed by atoms with E-state index in [1.54, 1.807) is 0 Å². The van der Waals surface area contributed by atoms with Crippen LogP contribution in [0, 0.1) is 5.82 Å². The van der Waals surface area contributed by atoms with Gasteiger partial charge in [0.25, 0.3) is 11.8 Å². The lowest BCUT2D eigenvalue weighted by Gasteiger charge is -2.11. The summed E-state index contributed by atoms with van der Waals surface area (Å²) in [6.07, 6.45) is -0.108. The summed E-state index contributed by atoms with van der Waals surface area (Å²) >= 11 is 4.02. The molecule has 1 aromatic carbocycles. The fraction of sp³-hybridized carbons (Fsp3) is 0.250. The monoisotopic (exact) mass is 282 g/mol. The number of hydrogen-bond donors (Lipinski definition) is 2. The first kappa shape index (κ1) is 13.5. The van der Waals surface area contributed by atoms with Gasteiger partial charge in [0.2, 0.25) is 5.91 Å². The molecule has 1 N–H and O–H groups in total. The van der Waals surface area contributed by atoms with Crippen LogP contribution in [0.5, 0.6) is 0 Å². The second-order valence-corrected chi connectivity index (χ2v) is 4.70. The molecule has 1 aliphatic rings. The van der Waals surface area contributed by atoms with Gasteiger partial charge < -0.3 is 5.32 Å². The van der Waals surface area contributed by atoms with Crippen molar-refractivity contribution in [3.05, 3.63) is 29.6 Å². The summed E-state index contributed by atoms with van der Waals surface area (Å²) < 4.78 is 13.5. The number of imide groups is 1. The summed E-state index contributed by atoms with van der Waals surface area (Å²) in [5.74, 6) is -2.32. The third kappa shape index (κ3) is 2.60. The van der Waals surface area contributed by atoms with Crippen LogP contribution >= 0.6 is 12.6 Å². The van der Waals surface area contributed by atoms with Crippen LogP contribution in [0.2, 0.25) is 0 Å². The zero-order chi connectivity index (χ0) is 14.2. The van der Waals surface area contributed by atoms with Gasteiger partial charge >= 0.3 is 0 Å². The quantitative estimate of drug-likeness (QED) is 0.616. The second-order valence-electron chi connectivity index (χ2n) is 4.19. The minimum atomic E-state index is -0.937. The predicted octanol–water partition coefficient (Wildman–Crippen LogP) is 0.602. The Bertz CT molecular complexity index is 576. The molecule has 7 heteroatoms. The lowest BCUT2D eigenvalue weighted by Crippen LogP contribution is -2.40. The first-order valence-electron chi connectivity index (χ1n) is 5.50. The molecule has 5 nitrogen and oxygen atoms in total. The molecule has 1 aromatic rings. The van der Waals surface area contributed by atoms with Crippen LogP contribution in [-0.2, 0) is 9.59 Å². The fourth-order valence-electron chi connectivity index (χ4n) is 1.79. The van der Waals surface area contributed by atoms with Gasteiger partial charge in [-0.15, -0.1) is 12.6 Å². The highest BCUT2D eigenvalue weighted by Crippen LogP contribution is 2.15. The summed E-state index contributed by atoms with van der Waals surface area (Å²) in [6.45, 7) is 0. The molecular formula is C12H11FN2O3S. The zero-order valence-corrected chi connectivity index (χ0v) is 10.9. The van der Waals surface area contributed by atoms with Crippen molar-refractivity contribution in [2.45, 2.75) is 17.4 Å². The molecule has 0 saturated carbocycles. The molecule has 0 radical (unpaired) electrons. The molecule has 100 valence electrons. The van der Waals surface area contributed by atoms with E-state index >= 15 is 0 Å². The first-order valence-corrected chi connectivity index (χ1v) is 5.94. The van der Waals surface area contributed by atoms with E-state index < -0.39 is 23.7 Å². The van der Waals surface area contributed by atoms with Crippen LogP contribution in [0.15, 0.2) is 23.1 Å². The molecule has 0 aliphatic carbocycles. The number of nitrogens with one attached hydrogen (secondary N) is 1. The van der Waals surface area contributed by atoms with Crippen LogP contribution in [0.4, 0.5) is 4.39 Å². The molecule has 1 atom stereocenters.